The fourth-order valence-electron chi connectivity index (χ4n) is 1.97. The minimum atomic E-state index is -0.855. The predicted molar refractivity (Wildman–Crippen MR) is 68.1 cm³/mol. The van der Waals surface area contributed by atoms with Gasteiger partial charge in [0.25, 0.3) is 0 Å². The number of ketones is 1. The van der Waals surface area contributed by atoms with Crippen LogP contribution in [0.3, 0.4) is 0 Å². The summed E-state index contributed by atoms with van der Waals surface area (Å²) < 4.78 is 5.33. The van der Waals surface area contributed by atoms with Crippen LogP contribution >= 0.6 is 0 Å². The van der Waals surface area contributed by atoms with Gasteiger partial charge >= 0.3 is 5.97 Å². The molecule has 100 valence electrons. The molecule has 1 heterocycles. The van der Waals surface area contributed by atoms with E-state index in [4.69, 9.17) is 4.74 Å². The summed E-state index contributed by atoms with van der Waals surface area (Å²) in [4.78, 5) is 23.6. The monoisotopic (exact) mass is 252 g/mol. The van der Waals surface area contributed by atoms with E-state index in [1.807, 2.05) is 26.8 Å². The normalized spacial score (nSPS) is 25.1. The molecular formula is C14H20O4. The molecule has 0 amide bonds. The molecule has 0 fully saturated rings. The number of carbonyl (C=O) groups is 2. The van der Waals surface area contributed by atoms with Crippen molar-refractivity contribution < 1.29 is 19.4 Å². The lowest BCUT2D eigenvalue weighted by atomic mass is 9.87. The Morgan fingerprint density at radius 3 is 2.61 bits per heavy atom. The summed E-state index contributed by atoms with van der Waals surface area (Å²) in [6.45, 7) is 7.25. The maximum Gasteiger partial charge on any atom is 0.346 e. The van der Waals surface area contributed by atoms with E-state index in [1.165, 1.54) is 0 Å². The Hall–Kier alpha value is -1.58. The van der Waals surface area contributed by atoms with E-state index in [2.05, 4.69) is 0 Å². The van der Waals surface area contributed by atoms with E-state index in [-0.39, 0.29) is 30.0 Å². The highest BCUT2D eigenvalue weighted by atomic mass is 16.6. The average molecular weight is 252 g/mol. The largest absolute Gasteiger partial charge is 0.511 e. The zero-order chi connectivity index (χ0) is 13.9. The summed E-state index contributed by atoms with van der Waals surface area (Å²) in [7, 11) is 0. The Kier molecular flexibility index (Phi) is 4.33. The van der Waals surface area contributed by atoms with Gasteiger partial charge in [-0.25, -0.2) is 4.79 Å². The minimum Gasteiger partial charge on any atom is -0.511 e. The first-order valence-electron chi connectivity index (χ1n) is 6.17. The zero-order valence-corrected chi connectivity index (χ0v) is 11.4. The van der Waals surface area contributed by atoms with Crippen LogP contribution in [0.1, 0.15) is 47.0 Å². The third kappa shape index (κ3) is 2.63. The van der Waals surface area contributed by atoms with Crippen molar-refractivity contribution in [3.8, 4) is 0 Å². The molecule has 0 aliphatic carbocycles. The molecule has 0 radical (unpaired) electrons. The fraction of sp³-hybridized carbons (Fsp3) is 0.571. The Labute approximate surface area is 107 Å². The molecule has 0 spiro atoms. The van der Waals surface area contributed by atoms with Gasteiger partial charge in [0.05, 0.1) is 0 Å². The van der Waals surface area contributed by atoms with E-state index in [1.54, 1.807) is 6.92 Å². The number of hydrogen-bond donors (Lipinski definition) is 1. The Balaban J connectivity index is 3.09. The molecule has 0 aromatic carbocycles. The van der Waals surface area contributed by atoms with Gasteiger partial charge in [0, 0.05) is 12.8 Å². The first-order chi connectivity index (χ1) is 8.35. The second-order valence-corrected chi connectivity index (χ2v) is 4.76. The molecule has 1 atom stereocenters. The van der Waals surface area contributed by atoms with E-state index in [9.17, 15) is 14.7 Å². The number of allylic oxidation sites excluding steroid dienone is 1. The summed E-state index contributed by atoms with van der Waals surface area (Å²) in [6, 6.07) is 0. The van der Waals surface area contributed by atoms with Crippen LogP contribution in [0, 0.1) is 0 Å². The lowest BCUT2D eigenvalue weighted by Crippen LogP contribution is -2.40. The maximum absolute atomic E-state index is 11.9. The number of hydrogen-bond acceptors (Lipinski definition) is 4. The van der Waals surface area contributed by atoms with Crippen LogP contribution in [0.15, 0.2) is 23.0 Å². The number of Topliss-reactive ketones (excluding diaryl/α,β-unsaturated/α-hetero) is 1. The summed E-state index contributed by atoms with van der Waals surface area (Å²) in [5.41, 5.74) is -0.186. The van der Waals surface area contributed by atoms with Gasteiger partial charge < -0.3 is 9.84 Å². The van der Waals surface area contributed by atoms with Gasteiger partial charge in [-0.2, -0.15) is 0 Å². The molecule has 4 heteroatoms. The zero-order valence-electron chi connectivity index (χ0n) is 11.4. The van der Waals surface area contributed by atoms with Crippen molar-refractivity contribution in [3.63, 3.8) is 0 Å². The molecule has 18 heavy (non-hydrogen) atoms. The van der Waals surface area contributed by atoms with E-state index in [0.717, 1.165) is 5.57 Å². The van der Waals surface area contributed by atoms with Crippen molar-refractivity contribution in [2.24, 2.45) is 0 Å². The van der Waals surface area contributed by atoms with Crippen molar-refractivity contribution in [3.05, 3.63) is 23.0 Å². The van der Waals surface area contributed by atoms with Crippen LogP contribution < -0.4 is 0 Å². The van der Waals surface area contributed by atoms with E-state index in [0.29, 0.717) is 6.42 Å². The van der Waals surface area contributed by atoms with Crippen LogP contribution in [0.4, 0.5) is 0 Å². The first-order valence-corrected chi connectivity index (χ1v) is 6.17. The molecule has 0 bridgehead atoms. The number of carbonyl (C=O) groups excluding carboxylic acids is 2. The SMILES string of the molecule is CC=C(C)C1(C)CC(O)=C(C(=O)CCC)C(=O)O1. The molecule has 1 unspecified atom stereocenters. The van der Waals surface area contributed by atoms with Gasteiger partial charge in [0.15, 0.2) is 5.78 Å². The quantitative estimate of drug-likeness (QED) is 0.474. The van der Waals surface area contributed by atoms with Crippen molar-refractivity contribution >= 4 is 11.8 Å². The molecule has 1 rings (SSSR count). The molecule has 0 saturated carbocycles. The molecule has 4 nitrogen and oxygen atoms in total. The summed E-state index contributed by atoms with van der Waals surface area (Å²) in [5, 5.41) is 9.95. The van der Waals surface area contributed by atoms with Gasteiger partial charge in [0.1, 0.15) is 16.9 Å². The maximum atomic E-state index is 11.9. The average Bonchev–Trinajstić information content (AvgIpc) is 2.26. The molecular weight excluding hydrogens is 232 g/mol. The topological polar surface area (TPSA) is 63.6 Å². The van der Waals surface area contributed by atoms with E-state index >= 15 is 0 Å². The summed E-state index contributed by atoms with van der Waals surface area (Å²) in [5.74, 6) is -1.23. The predicted octanol–water partition coefficient (Wildman–Crippen LogP) is 2.84. The highest BCUT2D eigenvalue weighted by molar-refractivity contribution is 6.18. The van der Waals surface area contributed by atoms with Gasteiger partial charge in [-0.15, -0.1) is 0 Å². The second kappa shape index (κ2) is 5.38. The van der Waals surface area contributed by atoms with Crippen LogP contribution in [-0.2, 0) is 14.3 Å². The van der Waals surface area contributed by atoms with Crippen molar-refractivity contribution in [2.45, 2.75) is 52.6 Å². The second-order valence-electron chi connectivity index (χ2n) is 4.76. The third-order valence-corrected chi connectivity index (χ3v) is 3.34. The fourth-order valence-corrected chi connectivity index (χ4v) is 1.97. The first kappa shape index (κ1) is 14.5. The molecule has 1 N–H and O–H groups in total. The van der Waals surface area contributed by atoms with E-state index < -0.39 is 11.6 Å². The standard InChI is InChI=1S/C14H20O4/c1-5-7-10(15)12-11(16)8-14(4,9(3)6-2)18-13(12)17/h6,16H,5,7-8H2,1-4H3. The summed E-state index contributed by atoms with van der Waals surface area (Å²) >= 11 is 0. The lowest BCUT2D eigenvalue weighted by molar-refractivity contribution is -0.154. The van der Waals surface area contributed by atoms with Crippen molar-refractivity contribution in [1.82, 2.24) is 0 Å². The molecule has 0 aromatic rings. The molecule has 1 aliphatic rings. The third-order valence-electron chi connectivity index (χ3n) is 3.34. The number of cyclic esters (lactones) is 1. The number of ether oxygens (including phenoxy) is 1. The van der Waals surface area contributed by atoms with Crippen molar-refractivity contribution in [2.75, 3.05) is 0 Å². The summed E-state index contributed by atoms with van der Waals surface area (Å²) in [6.07, 6.45) is 2.86. The lowest BCUT2D eigenvalue weighted by Gasteiger charge is -2.34. The number of esters is 1. The van der Waals surface area contributed by atoms with Crippen molar-refractivity contribution in [1.29, 1.82) is 0 Å². The van der Waals surface area contributed by atoms with Gasteiger partial charge in [0.2, 0.25) is 0 Å². The van der Waals surface area contributed by atoms with Gasteiger partial charge in [-0.3, -0.25) is 4.79 Å². The Morgan fingerprint density at radius 1 is 1.56 bits per heavy atom. The van der Waals surface area contributed by atoms with Crippen LogP contribution in [0.2, 0.25) is 0 Å². The molecule has 0 saturated heterocycles. The van der Waals surface area contributed by atoms with Crippen LogP contribution in [0.5, 0.6) is 0 Å². The van der Waals surface area contributed by atoms with Crippen LogP contribution in [0.25, 0.3) is 0 Å². The molecule has 1 aliphatic heterocycles. The van der Waals surface area contributed by atoms with Gasteiger partial charge in [-0.05, 0) is 32.8 Å². The minimum absolute atomic E-state index is 0.152. The Bertz CT molecular complexity index is 431. The number of rotatable bonds is 4. The highest BCUT2D eigenvalue weighted by Crippen LogP contribution is 2.34. The van der Waals surface area contributed by atoms with Gasteiger partial charge in [-0.1, -0.05) is 13.0 Å². The highest BCUT2D eigenvalue weighted by Gasteiger charge is 2.41. The number of aliphatic hydroxyl groups excluding tert-OH is 1. The molecule has 0 aromatic heterocycles. The smallest absolute Gasteiger partial charge is 0.346 e. The van der Waals surface area contributed by atoms with Crippen LogP contribution in [-0.4, -0.2) is 22.5 Å². The number of aliphatic hydroxyl groups is 1. The Morgan fingerprint density at radius 2 is 2.17 bits per heavy atom.